The minimum absolute atomic E-state index is 0.483. The second kappa shape index (κ2) is 2.77. The van der Waals surface area contributed by atoms with Crippen molar-refractivity contribution in [2.45, 2.75) is 5.94 Å². The van der Waals surface area contributed by atoms with Crippen LogP contribution < -0.4 is 5.23 Å². The third-order valence-corrected chi connectivity index (χ3v) is 1.52. The maximum atomic E-state index is 3.41. The highest BCUT2D eigenvalue weighted by Gasteiger charge is 2.04. The molecule has 1 heterocycles. The summed E-state index contributed by atoms with van der Waals surface area (Å²) in [6, 6.07) is 0. The molecule has 1 rings (SSSR count). The molecule has 0 spiro atoms. The third-order valence-electron chi connectivity index (χ3n) is 1.08. The van der Waals surface area contributed by atoms with Crippen LogP contribution in [0.3, 0.4) is 0 Å². The zero-order valence-corrected chi connectivity index (χ0v) is 5.59. The normalized spacial score (nSPS) is 16.4. The third kappa shape index (κ3) is 1.27. The summed E-state index contributed by atoms with van der Waals surface area (Å²) in [5.41, 5.74) is 0. The zero-order valence-electron chi connectivity index (χ0n) is 4.59. The Kier molecular flexibility index (Phi) is 1.97. The molecule has 0 aliphatic carbocycles. The summed E-state index contributed by atoms with van der Waals surface area (Å²) in [4.78, 5) is 0. The molecular weight excluding hydrogens is 113 g/mol. The van der Waals surface area contributed by atoms with Gasteiger partial charge in [-0.1, -0.05) is 18.0 Å². The summed E-state index contributed by atoms with van der Waals surface area (Å²) >= 11 is 0. The van der Waals surface area contributed by atoms with Gasteiger partial charge in [-0.15, -0.1) is 0 Å². The van der Waals surface area contributed by atoms with Crippen LogP contribution in [0, 0.1) is 0 Å². The molecule has 39 valence electrons. The SMILES string of the molecule is [Si]CB1C=CC=CN1. The Balaban J connectivity index is 2.40. The molecule has 1 aliphatic heterocycles. The highest BCUT2D eigenvalue weighted by atomic mass is 28.1. The van der Waals surface area contributed by atoms with E-state index in [9.17, 15) is 0 Å². The molecule has 3 heteroatoms. The van der Waals surface area contributed by atoms with Gasteiger partial charge < -0.3 is 5.23 Å². The van der Waals surface area contributed by atoms with Gasteiger partial charge in [0.25, 0.3) is 6.85 Å². The Hall–Kier alpha value is -0.438. The lowest BCUT2D eigenvalue weighted by atomic mass is 9.64. The van der Waals surface area contributed by atoms with E-state index in [4.69, 9.17) is 0 Å². The van der Waals surface area contributed by atoms with Crippen molar-refractivity contribution in [2.75, 3.05) is 0 Å². The van der Waals surface area contributed by atoms with Crippen molar-refractivity contribution >= 4 is 17.1 Å². The van der Waals surface area contributed by atoms with Crippen LogP contribution in [-0.4, -0.2) is 17.1 Å². The molecule has 1 nitrogen and oxygen atoms in total. The summed E-state index contributed by atoms with van der Waals surface area (Å²) in [5.74, 6) is 3.09. The molecule has 8 heavy (non-hydrogen) atoms. The van der Waals surface area contributed by atoms with Gasteiger partial charge >= 0.3 is 0 Å². The maximum absolute atomic E-state index is 3.41. The number of hydrogen-bond acceptors (Lipinski definition) is 1. The van der Waals surface area contributed by atoms with Crippen molar-refractivity contribution in [3.63, 3.8) is 0 Å². The largest absolute Gasteiger partial charge is 0.431 e. The highest BCUT2D eigenvalue weighted by Crippen LogP contribution is 1.91. The lowest BCUT2D eigenvalue weighted by molar-refractivity contribution is 1.30. The standard InChI is InChI=1S/C5H7BNSi/c8-5-6-3-1-2-4-7-6/h1-4,7H,5H2. The van der Waals surface area contributed by atoms with Crippen LogP contribution in [0.4, 0.5) is 0 Å². The summed E-state index contributed by atoms with van der Waals surface area (Å²) in [6.45, 7) is 0.483. The van der Waals surface area contributed by atoms with Gasteiger partial charge in [0.15, 0.2) is 0 Å². The first-order valence-electron chi connectivity index (χ1n) is 2.67. The first-order valence-corrected chi connectivity index (χ1v) is 3.38. The lowest BCUT2D eigenvalue weighted by Crippen LogP contribution is -2.28. The first-order chi connectivity index (χ1) is 3.93. The topological polar surface area (TPSA) is 12.0 Å². The maximum Gasteiger partial charge on any atom is 0.274 e. The quantitative estimate of drug-likeness (QED) is 0.491. The first kappa shape index (κ1) is 5.69. The van der Waals surface area contributed by atoms with Crippen molar-refractivity contribution in [1.82, 2.24) is 5.23 Å². The van der Waals surface area contributed by atoms with Gasteiger partial charge in [0, 0.05) is 10.2 Å². The van der Waals surface area contributed by atoms with Crippen molar-refractivity contribution in [3.8, 4) is 0 Å². The van der Waals surface area contributed by atoms with E-state index in [1.54, 1.807) is 0 Å². The van der Waals surface area contributed by atoms with Gasteiger partial charge in [0.1, 0.15) is 0 Å². The Bertz CT molecular complexity index is 122. The van der Waals surface area contributed by atoms with Crippen LogP contribution in [0.25, 0.3) is 0 Å². The van der Waals surface area contributed by atoms with Gasteiger partial charge in [-0.05, 0) is 12.3 Å². The van der Waals surface area contributed by atoms with Gasteiger partial charge in [0.2, 0.25) is 0 Å². The van der Waals surface area contributed by atoms with E-state index in [1.807, 2.05) is 18.4 Å². The van der Waals surface area contributed by atoms with Crippen molar-refractivity contribution < 1.29 is 0 Å². The molecule has 0 saturated carbocycles. The molecule has 0 atom stereocenters. The van der Waals surface area contributed by atoms with E-state index >= 15 is 0 Å². The minimum atomic E-state index is 0.483. The molecule has 0 aromatic carbocycles. The average Bonchev–Trinajstić information content (AvgIpc) is 1.90. The molecule has 0 unspecified atom stereocenters. The Morgan fingerprint density at radius 1 is 1.50 bits per heavy atom. The van der Waals surface area contributed by atoms with Gasteiger partial charge in [0.05, 0.1) is 0 Å². The van der Waals surface area contributed by atoms with Gasteiger partial charge in [-0.25, -0.2) is 0 Å². The predicted molar refractivity (Wildman–Crippen MR) is 37.7 cm³/mol. The van der Waals surface area contributed by atoms with E-state index in [-0.39, 0.29) is 0 Å². The van der Waals surface area contributed by atoms with Gasteiger partial charge in [-0.3, -0.25) is 0 Å². The predicted octanol–water partition coefficient (Wildman–Crippen LogP) is 0.316. The molecule has 0 saturated heterocycles. The average molecular weight is 120 g/mol. The van der Waals surface area contributed by atoms with Crippen molar-refractivity contribution in [1.29, 1.82) is 0 Å². The second-order valence-electron chi connectivity index (χ2n) is 1.72. The highest BCUT2D eigenvalue weighted by molar-refractivity contribution is 6.68. The number of allylic oxidation sites excluding steroid dienone is 2. The monoisotopic (exact) mass is 120 g/mol. The van der Waals surface area contributed by atoms with E-state index < -0.39 is 0 Å². The lowest BCUT2D eigenvalue weighted by Gasteiger charge is -2.07. The van der Waals surface area contributed by atoms with E-state index in [1.165, 1.54) is 0 Å². The molecule has 0 amide bonds. The Labute approximate surface area is 53.4 Å². The number of nitrogens with one attached hydrogen (secondary N) is 1. The van der Waals surface area contributed by atoms with E-state index in [0.29, 0.717) is 6.85 Å². The number of rotatable bonds is 1. The molecule has 1 aliphatic rings. The summed E-state index contributed by atoms with van der Waals surface area (Å²) in [6.07, 6.45) is 5.98. The van der Waals surface area contributed by atoms with Gasteiger partial charge in [-0.2, -0.15) is 0 Å². The van der Waals surface area contributed by atoms with Crippen molar-refractivity contribution in [3.05, 3.63) is 24.3 Å². The van der Waals surface area contributed by atoms with Crippen molar-refractivity contribution in [2.24, 2.45) is 0 Å². The van der Waals surface area contributed by atoms with Crippen LogP contribution in [0.15, 0.2) is 24.3 Å². The molecular formula is C5H7BNSi. The van der Waals surface area contributed by atoms with Crippen LogP contribution in [0.1, 0.15) is 0 Å². The Morgan fingerprint density at radius 3 is 2.75 bits per heavy atom. The fourth-order valence-electron chi connectivity index (χ4n) is 0.616. The summed E-state index contributed by atoms with van der Waals surface area (Å²) < 4.78 is 0. The van der Waals surface area contributed by atoms with Crippen LogP contribution in [-0.2, 0) is 0 Å². The molecule has 3 radical (unpaired) electrons. The molecule has 0 fully saturated rings. The number of hydrogen-bond donors (Lipinski definition) is 1. The Morgan fingerprint density at radius 2 is 2.38 bits per heavy atom. The fourth-order valence-corrected chi connectivity index (χ4v) is 0.869. The van der Waals surface area contributed by atoms with E-state index in [2.05, 4.69) is 21.4 Å². The second-order valence-corrected chi connectivity index (χ2v) is 2.13. The van der Waals surface area contributed by atoms with Crippen LogP contribution in [0.2, 0.25) is 5.94 Å². The smallest absolute Gasteiger partial charge is 0.274 e. The van der Waals surface area contributed by atoms with E-state index in [0.717, 1.165) is 5.94 Å². The van der Waals surface area contributed by atoms with Crippen LogP contribution >= 0.6 is 0 Å². The molecule has 0 aromatic rings. The fraction of sp³-hybridized carbons (Fsp3) is 0.200. The summed E-state index contributed by atoms with van der Waals surface area (Å²) in [5, 5.41) is 3.15. The molecule has 0 aromatic heterocycles. The summed E-state index contributed by atoms with van der Waals surface area (Å²) in [7, 11) is 3.41. The molecule has 1 N–H and O–H groups in total. The minimum Gasteiger partial charge on any atom is -0.431 e. The zero-order chi connectivity index (χ0) is 5.82. The van der Waals surface area contributed by atoms with Crippen LogP contribution in [0.5, 0.6) is 0 Å². The molecule has 0 bridgehead atoms.